The third kappa shape index (κ3) is 5.14. The Bertz CT molecular complexity index is 646. The lowest BCUT2D eigenvalue weighted by Gasteiger charge is -2.24. The van der Waals surface area contributed by atoms with Crippen molar-refractivity contribution in [2.24, 2.45) is 0 Å². The van der Waals surface area contributed by atoms with E-state index in [4.69, 9.17) is 21.1 Å². The van der Waals surface area contributed by atoms with Crippen molar-refractivity contribution in [3.63, 3.8) is 0 Å². The van der Waals surface area contributed by atoms with E-state index in [-0.39, 0.29) is 11.8 Å². The van der Waals surface area contributed by atoms with Gasteiger partial charge in [0.15, 0.2) is 5.15 Å². The van der Waals surface area contributed by atoms with E-state index in [2.05, 4.69) is 10.2 Å². The van der Waals surface area contributed by atoms with Crippen molar-refractivity contribution >= 4 is 29.2 Å². The summed E-state index contributed by atoms with van der Waals surface area (Å²) in [6.45, 7) is 0.231. The molecule has 0 atom stereocenters. The summed E-state index contributed by atoms with van der Waals surface area (Å²) in [5, 5.41) is 8.03. The molecule has 0 aliphatic rings. The van der Waals surface area contributed by atoms with Crippen LogP contribution in [0.15, 0.2) is 30.3 Å². The van der Waals surface area contributed by atoms with Crippen molar-refractivity contribution in [1.82, 2.24) is 10.2 Å². The summed E-state index contributed by atoms with van der Waals surface area (Å²) in [6.07, 6.45) is 0.471. The number of hydrogen-bond acceptors (Lipinski definition) is 6. The maximum atomic E-state index is 12.5. The Balaban J connectivity index is 2.24. The van der Waals surface area contributed by atoms with Gasteiger partial charge in [0.25, 0.3) is 5.88 Å². The van der Waals surface area contributed by atoms with Crippen molar-refractivity contribution in [3.8, 4) is 11.6 Å². The van der Waals surface area contributed by atoms with Gasteiger partial charge in [-0.15, -0.1) is 10.2 Å². The van der Waals surface area contributed by atoms with Crippen LogP contribution in [-0.2, 0) is 6.54 Å². The molecule has 0 bridgehead atoms. The number of hydrogen-bond donors (Lipinski definition) is 0. The van der Waals surface area contributed by atoms with Gasteiger partial charge in [0.1, 0.15) is 11.4 Å². The SMILES string of the molecule is COc1ccc(CN(SCCCF)c2cc(Cl)nnc2OC)cc1. The summed E-state index contributed by atoms with van der Waals surface area (Å²) in [7, 11) is 3.16. The second-order valence-electron chi connectivity index (χ2n) is 4.82. The summed E-state index contributed by atoms with van der Waals surface area (Å²) in [5.41, 5.74) is 1.77. The second-order valence-corrected chi connectivity index (χ2v) is 6.32. The Morgan fingerprint density at radius 2 is 1.92 bits per heavy atom. The molecule has 0 saturated carbocycles. The molecule has 8 heteroatoms. The average Bonchev–Trinajstić information content (AvgIpc) is 2.61. The van der Waals surface area contributed by atoms with Crippen LogP contribution in [0, 0.1) is 0 Å². The maximum absolute atomic E-state index is 12.5. The largest absolute Gasteiger partial charge is 0.497 e. The van der Waals surface area contributed by atoms with Crippen LogP contribution in [0.1, 0.15) is 12.0 Å². The van der Waals surface area contributed by atoms with Crippen LogP contribution in [0.2, 0.25) is 5.15 Å². The van der Waals surface area contributed by atoms with Crippen molar-refractivity contribution in [1.29, 1.82) is 0 Å². The van der Waals surface area contributed by atoms with E-state index in [1.807, 2.05) is 28.6 Å². The first kappa shape index (κ1) is 18.6. The molecule has 1 heterocycles. The van der Waals surface area contributed by atoms with Gasteiger partial charge in [0.2, 0.25) is 0 Å². The van der Waals surface area contributed by atoms with E-state index in [0.717, 1.165) is 11.3 Å². The zero-order chi connectivity index (χ0) is 17.4. The van der Waals surface area contributed by atoms with Gasteiger partial charge >= 0.3 is 0 Å². The van der Waals surface area contributed by atoms with Crippen LogP contribution < -0.4 is 13.8 Å². The molecule has 0 radical (unpaired) electrons. The highest BCUT2D eigenvalue weighted by molar-refractivity contribution is 8.00. The first-order valence-corrected chi connectivity index (χ1v) is 8.66. The number of halogens is 2. The minimum Gasteiger partial charge on any atom is -0.497 e. The Hall–Kier alpha value is -1.73. The number of anilines is 1. The highest BCUT2D eigenvalue weighted by Gasteiger charge is 2.16. The summed E-state index contributed by atoms with van der Waals surface area (Å²) in [6, 6.07) is 9.44. The van der Waals surface area contributed by atoms with Crippen molar-refractivity contribution in [3.05, 3.63) is 41.0 Å². The van der Waals surface area contributed by atoms with Gasteiger partial charge in [-0.3, -0.25) is 4.39 Å². The van der Waals surface area contributed by atoms with Gasteiger partial charge in [-0.05, 0) is 36.1 Å². The standard InChI is InChI=1S/C16H19ClFN3O2S/c1-22-13-6-4-12(5-7-13)11-21(24-9-3-8-18)14-10-15(17)19-20-16(14)23-2/h4-7,10H,3,8-9,11H2,1-2H3. The third-order valence-corrected chi connectivity index (χ3v) is 4.48. The number of alkyl halides is 1. The molecule has 1 aromatic carbocycles. The van der Waals surface area contributed by atoms with Gasteiger partial charge in [-0.2, -0.15) is 0 Å². The molecule has 130 valence electrons. The molecular weight excluding hydrogens is 353 g/mol. The van der Waals surface area contributed by atoms with Gasteiger partial charge in [0.05, 0.1) is 27.4 Å². The number of nitrogens with zero attached hydrogens (tertiary/aromatic N) is 3. The van der Waals surface area contributed by atoms with E-state index < -0.39 is 0 Å². The van der Waals surface area contributed by atoms with E-state index in [9.17, 15) is 4.39 Å². The number of aromatic nitrogens is 2. The molecule has 2 rings (SSSR count). The molecule has 1 aromatic heterocycles. The minimum absolute atomic E-state index is 0.275. The minimum atomic E-state index is -0.351. The fourth-order valence-electron chi connectivity index (χ4n) is 2.00. The van der Waals surface area contributed by atoms with Crippen molar-refractivity contribution in [2.75, 3.05) is 31.0 Å². The van der Waals surface area contributed by atoms with Gasteiger partial charge in [-0.25, -0.2) is 0 Å². The van der Waals surface area contributed by atoms with Crippen LogP contribution in [-0.4, -0.2) is 36.8 Å². The predicted molar refractivity (Wildman–Crippen MR) is 95.8 cm³/mol. The molecule has 0 aliphatic heterocycles. The van der Waals surface area contributed by atoms with E-state index >= 15 is 0 Å². The van der Waals surface area contributed by atoms with E-state index in [1.165, 1.54) is 19.1 Å². The number of rotatable bonds is 9. The van der Waals surface area contributed by atoms with Crippen LogP contribution in [0.5, 0.6) is 11.6 Å². The quantitative estimate of drug-likeness (QED) is 0.487. The summed E-state index contributed by atoms with van der Waals surface area (Å²) >= 11 is 7.48. The molecule has 5 nitrogen and oxygen atoms in total. The molecule has 0 fully saturated rings. The first-order chi connectivity index (χ1) is 11.7. The molecule has 0 amide bonds. The van der Waals surface area contributed by atoms with Gasteiger partial charge < -0.3 is 13.8 Å². The second kappa shape index (κ2) is 9.54. The molecule has 0 spiro atoms. The monoisotopic (exact) mass is 371 g/mol. The highest BCUT2D eigenvalue weighted by Crippen LogP contribution is 2.33. The van der Waals surface area contributed by atoms with E-state index in [1.54, 1.807) is 13.2 Å². The summed E-state index contributed by atoms with van der Waals surface area (Å²) < 4.78 is 24.9. The normalized spacial score (nSPS) is 10.5. The van der Waals surface area contributed by atoms with Crippen LogP contribution in [0.25, 0.3) is 0 Å². The zero-order valence-electron chi connectivity index (χ0n) is 13.5. The molecule has 24 heavy (non-hydrogen) atoms. The molecule has 0 aliphatic carbocycles. The van der Waals surface area contributed by atoms with Crippen LogP contribution in [0.3, 0.4) is 0 Å². The molecule has 0 N–H and O–H groups in total. The fraction of sp³-hybridized carbons (Fsp3) is 0.375. The molecule has 0 saturated heterocycles. The number of methoxy groups -OCH3 is 2. The van der Waals surface area contributed by atoms with Gasteiger partial charge in [-0.1, -0.05) is 23.7 Å². The van der Waals surface area contributed by atoms with Gasteiger partial charge in [0, 0.05) is 11.8 Å². The molecular formula is C16H19ClFN3O2S. The lowest BCUT2D eigenvalue weighted by atomic mass is 10.2. The Labute approximate surface area is 150 Å². The lowest BCUT2D eigenvalue weighted by Crippen LogP contribution is -2.16. The van der Waals surface area contributed by atoms with Crippen LogP contribution in [0.4, 0.5) is 10.1 Å². The Morgan fingerprint density at radius 1 is 1.17 bits per heavy atom. The van der Waals surface area contributed by atoms with Crippen LogP contribution >= 0.6 is 23.5 Å². The third-order valence-electron chi connectivity index (χ3n) is 3.18. The van der Waals surface area contributed by atoms with E-state index in [0.29, 0.717) is 30.3 Å². The topological polar surface area (TPSA) is 47.5 Å². The Kier molecular flexibility index (Phi) is 7.39. The number of benzene rings is 1. The fourth-order valence-corrected chi connectivity index (χ4v) is 3.11. The smallest absolute Gasteiger partial charge is 0.258 e. The first-order valence-electron chi connectivity index (χ1n) is 7.34. The lowest BCUT2D eigenvalue weighted by molar-refractivity contribution is 0.393. The Morgan fingerprint density at radius 3 is 2.54 bits per heavy atom. The number of ether oxygens (including phenoxy) is 2. The molecule has 0 unspecified atom stereocenters. The van der Waals surface area contributed by atoms with Crippen molar-refractivity contribution < 1.29 is 13.9 Å². The average molecular weight is 372 g/mol. The zero-order valence-corrected chi connectivity index (χ0v) is 15.1. The predicted octanol–water partition coefficient (Wildman–Crippen LogP) is 4.16. The van der Waals surface area contributed by atoms with Crippen molar-refractivity contribution in [2.45, 2.75) is 13.0 Å². The summed E-state index contributed by atoms with van der Waals surface area (Å²) in [5.74, 6) is 1.80. The highest BCUT2D eigenvalue weighted by atomic mass is 35.5. The summed E-state index contributed by atoms with van der Waals surface area (Å²) in [4.78, 5) is 0. The maximum Gasteiger partial charge on any atom is 0.258 e. The molecule has 2 aromatic rings.